The van der Waals surface area contributed by atoms with Crippen LogP contribution >= 0.6 is 0 Å². The van der Waals surface area contributed by atoms with Crippen molar-refractivity contribution in [3.8, 4) is 17.1 Å². The Morgan fingerprint density at radius 1 is 0.382 bits per heavy atom. The highest BCUT2D eigenvalue weighted by Gasteiger charge is 2.21. The van der Waals surface area contributed by atoms with Crippen molar-refractivity contribution in [1.82, 2.24) is 9.55 Å². The Morgan fingerprint density at radius 2 is 0.945 bits per heavy atom. The molecule has 4 aromatic heterocycles. The highest BCUT2D eigenvalue weighted by molar-refractivity contribution is 6.13. The van der Waals surface area contributed by atoms with Crippen molar-refractivity contribution in [2.24, 2.45) is 0 Å². The maximum Gasteiger partial charge on any atom is 0.227 e. The van der Waals surface area contributed by atoms with Crippen molar-refractivity contribution in [3.05, 3.63) is 176 Å². The first-order chi connectivity index (χ1) is 27.2. The predicted octanol–water partition coefficient (Wildman–Crippen LogP) is 13.9. The van der Waals surface area contributed by atoms with Gasteiger partial charge in [-0.05, 0) is 97.1 Å². The summed E-state index contributed by atoms with van der Waals surface area (Å²) in [4.78, 5) is 7.12. The van der Waals surface area contributed by atoms with E-state index in [0.29, 0.717) is 11.5 Å². The van der Waals surface area contributed by atoms with Crippen LogP contribution < -0.4 is 4.90 Å². The molecule has 6 heteroatoms. The van der Waals surface area contributed by atoms with Gasteiger partial charge >= 0.3 is 0 Å². The zero-order valence-corrected chi connectivity index (χ0v) is 29.3. The molecular weight excluding hydrogens is 679 g/mol. The van der Waals surface area contributed by atoms with Gasteiger partial charge in [-0.3, -0.25) is 0 Å². The van der Waals surface area contributed by atoms with Crippen molar-refractivity contribution < 1.29 is 13.3 Å². The number of fused-ring (bicyclic) bond motifs is 10. The summed E-state index contributed by atoms with van der Waals surface area (Å²) in [6.07, 6.45) is 0. The zero-order chi connectivity index (χ0) is 36.0. The minimum Gasteiger partial charge on any atom is -0.456 e. The molecule has 4 heterocycles. The number of furan rings is 2. The second-order valence-corrected chi connectivity index (χ2v) is 14.0. The number of para-hydroxylation sites is 3. The molecule has 0 aliphatic carbocycles. The van der Waals surface area contributed by atoms with Gasteiger partial charge in [-0.15, -0.1) is 0 Å². The summed E-state index contributed by atoms with van der Waals surface area (Å²) in [5.74, 6) is 0.589. The number of nitrogens with zero attached hydrogens (tertiary/aromatic N) is 3. The Bertz CT molecular complexity index is 3440. The summed E-state index contributed by atoms with van der Waals surface area (Å²) in [6.45, 7) is 0. The number of benzene rings is 8. The Morgan fingerprint density at radius 3 is 1.73 bits per heavy atom. The number of oxazole rings is 1. The normalized spacial score (nSPS) is 12.0. The van der Waals surface area contributed by atoms with Gasteiger partial charge in [0.05, 0.1) is 11.0 Å². The molecule has 0 aliphatic rings. The van der Waals surface area contributed by atoms with E-state index in [1.54, 1.807) is 0 Å². The molecule has 0 unspecified atom stereocenters. The van der Waals surface area contributed by atoms with Crippen LogP contribution in [0, 0.1) is 0 Å². The third-order valence-corrected chi connectivity index (χ3v) is 10.8. The van der Waals surface area contributed by atoms with E-state index in [0.717, 1.165) is 83.2 Å². The number of rotatable bonds is 5. The first-order valence-electron chi connectivity index (χ1n) is 18.4. The predicted molar refractivity (Wildman–Crippen MR) is 223 cm³/mol. The lowest BCUT2D eigenvalue weighted by atomic mass is 10.1. The molecule has 0 atom stereocenters. The van der Waals surface area contributed by atoms with E-state index in [-0.39, 0.29) is 0 Å². The lowest BCUT2D eigenvalue weighted by Crippen LogP contribution is -2.09. The van der Waals surface area contributed by atoms with Crippen LogP contribution in [0.5, 0.6) is 0 Å². The first kappa shape index (κ1) is 29.9. The number of aromatic nitrogens is 2. The third kappa shape index (κ3) is 4.58. The van der Waals surface area contributed by atoms with E-state index < -0.39 is 0 Å². The van der Waals surface area contributed by atoms with Gasteiger partial charge in [0.2, 0.25) is 5.89 Å². The third-order valence-electron chi connectivity index (χ3n) is 10.8. The Kier molecular flexibility index (Phi) is 6.24. The average Bonchev–Trinajstić information content (AvgIpc) is 4.01. The molecule has 12 aromatic rings. The second kappa shape index (κ2) is 11.5. The molecular formula is C49H29N3O3. The van der Waals surface area contributed by atoms with Crippen LogP contribution in [0.1, 0.15) is 0 Å². The van der Waals surface area contributed by atoms with Crippen molar-refractivity contribution in [2.75, 3.05) is 4.90 Å². The van der Waals surface area contributed by atoms with Gasteiger partial charge in [0, 0.05) is 66.7 Å². The molecule has 8 aromatic carbocycles. The summed E-state index contributed by atoms with van der Waals surface area (Å²) >= 11 is 0. The van der Waals surface area contributed by atoms with Crippen LogP contribution in [0.3, 0.4) is 0 Å². The highest BCUT2D eigenvalue weighted by Crippen LogP contribution is 2.44. The van der Waals surface area contributed by atoms with Crippen molar-refractivity contribution in [1.29, 1.82) is 0 Å². The fourth-order valence-electron chi connectivity index (χ4n) is 8.28. The van der Waals surface area contributed by atoms with Gasteiger partial charge in [-0.2, -0.15) is 0 Å². The maximum absolute atomic E-state index is 6.45. The molecule has 0 fully saturated rings. The standard InChI is InChI=1S/C49H29N3O3/c1-3-11-30(12-4-1)49-50-41-29-47-40(28-48(41)55-49)39-27-34(21-24-46(39)54-47)51(33-20-23-45-38(26-33)36-16-8-10-18-44(36)53-45)32-19-22-43-37(25-32)35-15-7-9-17-42(35)52(43)31-13-5-2-6-14-31/h1-29H. The number of hydrogen-bond acceptors (Lipinski definition) is 5. The molecule has 0 spiro atoms. The van der Waals surface area contributed by atoms with Crippen molar-refractivity contribution in [2.45, 2.75) is 0 Å². The van der Waals surface area contributed by atoms with Gasteiger partial charge < -0.3 is 22.7 Å². The summed E-state index contributed by atoms with van der Waals surface area (Å²) in [6, 6.07) is 61.1. The Labute approximate surface area is 313 Å². The molecule has 0 aliphatic heterocycles. The molecule has 0 bridgehead atoms. The van der Waals surface area contributed by atoms with E-state index >= 15 is 0 Å². The fraction of sp³-hybridized carbons (Fsp3) is 0. The van der Waals surface area contributed by atoms with Crippen LogP contribution in [0.15, 0.2) is 189 Å². The molecule has 12 rings (SSSR count). The summed E-state index contributed by atoms with van der Waals surface area (Å²) in [5.41, 5.74) is 12.2. The lowest BCUT2D eigenvalue weighted by Gasteiger charge is -2.26. The van der Waals surface area contributed by atoms with E-state index in [4.69, 9.17) is 18.2 Å². The first-order valence-corrected chi connectivity index (χ1v) is 18.4. The molecule has 55 heavy (non-hydrogen) atoms. The fourth-order valence-corrected chi connectivity index (χ4v) is 8.28. The minimum atomic E-state index is 0.589. The molecule has 258 valence electrons. The average molecular weight is 708 g/mol. The van der Waals surface area contributed by atoms with Crippen LogP contribution in [0.4, 0.5) is 17.1 Å². The van der Waals surface area contributed by atoms with Gasteiger partial charge in [0.15, 0.2) is 5.58 Å². The van der Waals surface area contributed by atoms with Crippen LogP contribution in [-0.2, 0) is 0 Å². The van der Waals surface area contributed by atoms with E-state index in [2.05, 4.69) is 137 Å². The summed E-state index contributed by atoms with van der Waals surface area (Å²) in [7, 11) is 0. The maximum atomic E-state index is 6.45. The minimum absolute atomic E-state index is 0.589. The second-order valence-electron chi connectivity index (χ2n) is 14.0. The molecule has 0 saturated heterocycles. The smallest absolute Gasteiger partial charge is 0.227 e. The molecule has 0 N–H and O–H groups in total. The van der Waals surface area contributed by atoms with Gasteiger partial charge in [-0.25, -0.2) is 4.98 Å². The molecule has 6 nitrogen and oxygen atoms in total. The Hall–Kier alpha value is -7.57. The zero-order valence-electron chi connectivity index (χ0n) is 29.3. The molecule has 0 radical (unpaired) electrons. The molecule has 0 saturated carbocycles. The van der Waals surface area contributed by atoms with E-state index in [9.17, 15) is 0 Å². The number of hydrogen-bond donors (Lipinski definition) is 0. The Balaban J connectivity index is 1.08. The van der Waals surface area contributed by atoms with Crippen molar-refractivity contribution in [3.63, 3.8) is 0 Å². The van der Waals surface area contributed by atoms with Gasteiger partial charge in [0.1, 0.15) is 27.8 Å². The van der Waals surface area contributed by atoms with Crippen LogP contribution in [0.2, 0.25) is 0 Å². The molecule has 0 amide bonds. The van der Waals surface area contributed by atoms with E-state index in [1.807, 2.05) is 48.5 Å². The SMILES string of the molecule is c1ccc(-c2nc3cc4oc5ccc(N(c6ccc7oc8ccccc8c7c6)c6ccc7c(c6)c6ccccc6n7-c6ccccc6)cc5c4cc3o2)cc1. The van der Waals surface area contributed by atoms with Crippen LogP contribution in [0.25, 0.3) is 93.9 Å². The van der Waals surface area contributed by atoms with Gasteiger partial charge in [-0.1, -0.05) is 72.8 Å². The summed E-state index contributed by atoms with van der Waals surface area (Å²) < 4.78 is 21.4. The summed E-state index contributed by atoms with van der Waals surface area (Å²) in [5, 5.41) is 6.49. The number of anilines is 3. The van der Waals surface area contributed by atoms with E-state index in [1.165, 1.54) is 16.3 Å². The van der Waals surface area contributed by atoms with Gasteiger partial charge in [0.25, 0.3) is 0 Å². The lowest BCUT2D eigenvalue weighted by molar-refractivity contribution is 0.620. The largest absolute Gasteiger partial charge is 0.456 e. The van der Waals surface area contributed by atoms with Crippen molar-refractivity contribution >= 4 is 93.8 Å². The van der Waals surface area contributed by atoms with Crippen LogP contribution in [-0.4, -0.2) is 9.55 Å². The topological polar surface area (TPSA) is 60.5 Å². The monoisotopic (exact) mass is 707 g/mol. The highest BCUT2D eigenvalue weighted by atomic mass is 16.4. The quantitative estimate of drug-likeness (QED) is 0.178.